The van der Waals surface area contributed by atoms with Crippen LogP contribution in [-0.4, -0.2) is 51.7 Å². The van der Waals surface area contributed by atoms with Gasteiger partial charge < -0.3 is 9.88 Å². The first-order valence-electron chi connectivity index (χ1n) is 8.75. The van der Waals surface area contributed by atoms with Gasteiger partial charge in [-0.2, -0.15) is 10.2 Å². The molecule has 0 fully saturated rings. The Morgan fingerprint density at radius 1 is 1.33 bits per heavy atom. The predicted octanol–water partition coefficient (Wildman–Crippen LogP) is 1.28. The van der Waals surface area contributed by atoms with Gasteiger partial charge in [-0.1, -0.05) is 6.07 Å². The summed E-state index contributed by atoms with van der Waals surface area (Å²) in [5.41, 5.74) is 4.79. The Bertz CT molecular complexity index is 1150. The van der Waals surface area contributed by atoms with Crippen LogP contribution in [-0.2, 0) is 13.5 Å². The number of nitrogens with zero attached hydrogens (tertiary/aromatic N) is 7. The molecule has 4 aromatic rings. The minimum atomic E-state index is -0.372. The Hall–Kier alpha value is -3.49. The average Bonchev–Trinajstić information content (AvgIpc) is 3.39. The summed E-state index contributed by atoms with van der Waals surface area (Å²) in [6.45, 7) is 2.60. The van der Waals surface area contributed by atoms with E-state index < -0.39 is 0 Å². The summed E-state index contributed by atoms with van der Waals surface area (Å²) >= 11 is 0. The van der Waals surface area contributed by atoms with Crippen LogP contribution in [0.5, 0.6) is 0 Å². The fourth-order valence-corrected chi connectivity index (χ4v) is 3.72. The second-order valence-electron chi connectivity index (χ2n) is 6.71. The van der Waals surface area contributed by atoms with E-state index in [2.05, 4.69) is 20.1 Å². The number of aromatic amines is 1. The normalized spacial score (nSPS) is 16.7. The molecule has 1 aliphatic heterocycles. The van der Waals surface area contributed by atoms with Gasteiger partial charge in [0.15, 0.2) is 0 Å². The maximum Gasteiger partial charge on any atom is 0.292 e. The molecule has 0 saturated heterocycles. The van der Waals surface area contributed by atoms with Crippen LogP contribution < -0.4 is 0 Å². The predicted molar refractivity (Wildman–Crippen MR) is 96.1 cm³/mol. The van der Waals surface area contributed by atoms with Gasteiger partial charge in [0, 0.05) is 31.9 Å². The highest BCUT2D eigenvalue weighted by molar-refractivity contribution is 5.91. The van der Waals surface area contributed by atoms with Crippen LogP contribution in [0.1, 0.15) is 39.3 Å². The van der Waals surface area contributed by atoms with Gasteiger partial charge in [0.25, 0.3) is 5.91 Å². The summed E-state index contributed by atoms with van der Waals surface area (Å²) in [4.78, 5) is 26.8. The van der Waals surface area contributed by atoms with E-state index in [4.69, 9.17) is 5.10 Å². The second kappa shape index (κ2) is 5.76. The third-order valence-electron chi connectivity index (χ3n) is 5.10. The van der Waals surface area contributed by atoms with Crippen molar-refractivity contribution in [1.29, 1.82) is 0 Å². The molecule has 1 aliphatic rings. The van der Waals surface area contributed by atoms with Crippen LogP contribution in [0.2, 0.25) is 0 Å². The molecule has 0 spiro atoms. The third kappa shape index (κ3) is 2.35. The molecule has 0 aromatic carbocycles. The Morgan fingerprint density at radius 2 is 2.22 bits per heavy atom. The van der Waals surface area contributed by atoms with Crippen molar-refractivity contribution >= 4 is 11.4 Å². The lowest BCUT2D eigenvalue weighted by molar-refractivity contribution is 0.0669. The number of hydrogen-bond donors (Lipinski definition) is 1. The second-order valence-corrected chi connectivity index (χ2v) is 6.71. The molecule has 1 amide bonds. The van der Waals surface area contributed by atoms with E-state index in [0.717, 1.165) is 28.2 Å². The third-order valence-corrected chi connectivity index (χ3v) is 5.10. The van der Waals surface area contributed by atoms with Crippen LogP contribution in [0.15, 0.2) is 37.1 Å². The maximum absolute atomic E-state index is 13.2. The number of fused-ring (bicyclic) bond motifs is 2. The van der Waals surface area contributed by atoms with Crippen molar-refractivity contribution in [3.63, 3.8) is 0 Å². The van der Waals surface area contributed by atoms with E-state index in [1.54, 1.807) is 18.3 Å². The summed E-state index contributed by atoms with van der Waals surface area (Å²) in [7, 11) is 1.72. The van der Waals surface area contributed by atoms with Crippen LogP contribution in [0.4, 0.5) is 0 Å². The Kier molecular flexibility index (Phi) is 3.36. The lowest BCUT2D eigenvalue weighted by atomic mass is 9.99. The average molecular weight is 362 g/mol. The molecule has 0 aliphatic carbocycles. The number of aryl methyl sites for hydroxylation is 2. The number of hydrogen-bond acceptors (Lipinski definition) is 5. The number of carbonyl (C=O) groups excluding carboxylic acids is 1. The van der Waals surface area contributed by atoms with Gasteiger partial charge in [-0.25, -0.2) is 19.2 Å². The van der Waals surface area contributed by atoms with Gasteiger partial charge in [-0.05, 0) is 24.6 Å². The van der Waals surface area contributed by atoms with Crippen molar-refractivity contribution in [3.05, 3.63) is 65.5 Å². The molecule has 4 aromatic heterocycles. The summed E-state index contributed by atoms with van der Waals surface area (Å²) in [6, 6.07) is 5.66. The van der Waals surface area contributed by atoms with Gasteiger partial charge in [0.05, 0.1) is 23.2 Å². The van der Waals surface area contributed by atoms with Crippen molar-refractivity contribution < 1.29 is 4.79 Å². The molecule has 0 bridgehead atoms. The van der Waals surface area contributed by atoms with Gasteiger partial charge >= 0.3 is 0 Å². The summed E-state index contributed by atoms with van der Waals surface area (Å²) < 4.78 is 3.34. The molecule has 5 heterocycles. The highest BCUT2D eigenvalue weighted by Crippen LogP contribution is 2.34. The molecule has 27 heavy (non-hydrogen) atoms. The van der Waals surface area contributed by atoms with Gasteiger partial charge in [0.1, 0.15) is 12.4 Å². The van der Waals surface area contributed by atoms with E-state index in [1.165, 1.54) is 11.0 Å². The van der Waals surface area contributed by atoms with Gasteiger partial charge in [-0.3, -0.25) is 4.79 Å². The lowest BCUT2D eigenvalue weighted by Gasteiger charge is -2.33. The van der Waals surface area contributed by atoms with E-state index in [9.17, 15) is 4.79 Å². The van der Waals surface area contributed by atoms with Gasteiger partial charge in [-0.15, -0.1) is 0 Å². The Labute approximate surface area is 154 Å². The highest BCUT2D eigenvalue weighted by Gasteiger charge is 2.37. The molecule has 0 radical (unpaired) electrons. The van der Waals surface area contributed by atoms with Crippen molar-refractivity contribution in [2.24, 2.45) is 7.05 Å². The number of carbonyl (C=O) groups is 1. The molecule has 136 valence electrons. The number of aromatic nitrogens is 7. The van der Waals surface area contributed by atoms with Crippen molar-refractivity contribution in [1.82, 2.24) is 39.2 Å². The molecule has 1 N–H and O–H groups in total. The molecule has 0 unspecified atom stereocenters. The first-order chi connectivity index (χ1) is 13.1. The molecule has 5 rings (SSSR count). The Morgan fingerprint density at radius 3 is 3.00 bits per heavy atom. The van der Waals surface area contributed by atoms with E-state index >= 15 is 0 Å². The van der Waals surface area contributed by atoms with E-state index in [0.29, 0.717) is 18.8 Å². The number of amides is 1. The molecule has 1 atom stereocenters. The number of H-pyrrole nitrogens is 1. The van der Waals surface area contributed by atoms with Crippen molar-refractivity contribution in [3.8, 4) is 0 Å². The topological polar surface area (TPSA) is 97.0 Å². The SMILES string of the molecule is Cc1cccn2nc([C@@H]3c4nc[nH]c4CCN3C(=O)c3ncnn3C)cc12. The zero-order chi connectivity index (χ0) is 18.5. The van der Waals surface area contributed by atoms with Crippen LogP contribution >= 0.6 is 0 Å². The molecule has 9 nitrogen and oxygen atoms in total. The number of rotatable bonds is 2. The largest absolute Gasteiger partial charge is 0.348 e. The zero-order valence-electron chi connectivity index (χ0n) is 15.0. The summed E-state index contributed by atoms with van der Waals surface area (Å²) in [5.74, 6) is 0.126. The van der Waals surface area contributed by atoms with Crippen LogP contribution in [0.25, 0.3) is 5.52 Å². The fraction of sp³-hybridized carbons (Fsp3) is 0.278. The van der Waals surface area contributed by atoms with E-state index in [-0.39, 0.29) is 11.9 Å². The summed E-state index contributed by atoms with van der Waals surface area (Å²) in [5, 5.41) is 8.77. The van der Waals surface area contributed by atoms with Gasteiger partial charge in [0.2, 0.25) is 5.82 Å². The minimum absolute atomic E-state index is 0.178. The first-order valence-corrected chi connectivity index (χ1v) is 8.75. The van der Waals surface area contributed by atoms with Crippen LogP contribution in [0, 0.1) is 6.92 Å². The monoisotopic (exact) mass is 362 g/mol. The zero-order valence-corrected chi connectivity index (χ0v) is 15.0. The van der Waals surface area contributed by atoms with Crippen LogP contribution in [0.3, 0.4) is 0 Å². The standard InChI is InChI=1S/C18H18N8O/c1-11-4-3-6-26-14(11)8-13(23-26)16-15-12(19-9-20-15)5-7-25(16)18(27)17-21-10-22-24(17)2/h3-4,6,8-10,16H,5,7H2,1-2H3,(H,19,20)/t16-/m1/s1. The number of imidazole rings is 1. The number of nitrogens with one attached hydrogen (secondary N) is 1. The minimum Gasteiger partial charge on any atom is -0.348 e. The number of pyridine rings is 1. The quantitative estimate of drug-likeness (QED) is 0.579. The lowest BCUT2D eigenvalue weighted by Crippen LogP contribution is -2.42. The highest BCUT2D eigenvalue weighted by atomic mass is 16.2. The van der Waals surface area contributed by atoms with E-state index in [1.807, 2.05) is 35.8 Å². The molecule has 0 saturated carbocycles. The Balaban J connectivity index is 1.66. The molecular formula is C18H18N8O. The molecular weight excluding hydrogens is 344 g/mol. The smallest absolute Gasteiger partial charge is 0.292 e. The van der Waals surface area contributed by atoms with Crippen molar-refractivity contribution in [2.75, 3.05) is 6.54 Å². The molecule has 9 heteroatoms. The maximum atomic E-state index is 13.2. The van der Waals surface area contributed by atoms with Crippen molar-refractivity contribution in [2.45, 2.75) is 19.4 Å². The summed E-state index contributed by atoms with van der Waals surface area (Å²) in [6.07, 6.45) is 5.69. The fourth-order valence-electron chi connectivity index (χ4n) is 3.72. The first kappa shape index (κ1) is 15.7.